The molecule has 21 heavy (non-hydrogen) atoms. The SMILES string of the molecule is COCCOCCOCCSc1ccc(Br)c(C(=O)O)c1. The Morgan fingerprint density at radius 1 is 1.19 bits per heavy atom. The van der Waals surface area contributed by atoms with Gasteiger partial charge in [-0.1, -0.05) is 0 Å². The molecule has 0 aliphatic rings. The normalized spacial score (nSPS) is 10.8. The van der Waals surface area contributed by atoms with Crippen molar-refractivity contribution < 1.29 is 24.1 Å². The van der Waals surface area contributed by atoms with Gasteiger partial charge >= 0.3 is 5.97 Å². The highest BCUT2D eigenvalue weighted by Gasteiger charge is 2.09. The summed E-state index contributed by atoms with van der Waals surface area (Å²) in [7, 11) is 1.63. The van der Waals surface area contributed by atoms with E-state index >= 15 is 0 Å². The number of carbonyl (C=O) groups is 1. The van der Waals surface area contributed by atoms with Crippen LogP contribution in [-0.2, 0) is 14.2 Å². The smallest absolute Gasteiger partial charge is 0.336 e. The van der Waals surface area contributed by atoms with E-state index in [4.69, 9.17) is 19.3 Å². The molecule has 0 amide bonds. The summed E-state index contributed by atoms with van der Waals surface area (Å²) in [6.07, 6.45) is 0. The summed E-state index contributed by atoms with van der Waals surface area (Å²) in [6, 6.07) is 5.29. The lowest BCUT2D eigenvalue weighted by atomic mass is 10.2. The predicted octanol–water partition coefficient (Wildman–Crippen LogP) is 2.92. The highest BCUT2D eigenvalue weighted by atomic mass is 79.9. The van der Waals surface area contributed by atoms with Crippen molar-refractivity contribution in [1.29, 1.82) is 0 Å². The molecule has 1 aromatic carbocycles. The summed E-state index contributed by atoms with van der Waals surface area (Å²) in [5, 5.41) is 9.03. The van der Waals surface area contributed by atoms with Crippen LogP contribution in [0.1, 0.15) is 10.4 Å². The molecule has 0 bridgehead atoms. The molecule has 0 saturated carbocycles. The molecule has 0 aliphatic carbocycles. The van der Waals surface area contributed by atoms with Crippen LogP contribution in [0.25, 0.3) is 0 Å². The van der Waals surface area contributed by atoms with Crippen molar-refractivity contribution in [2.75, 3.05) is 45.9 Å². The van der Waals surface area contributed by atoms with E-state index in [1.165, 1.54) is 0 Å². The van der Waals surface area contributed by atoms with E-state index in [1.54, 1.807) is 31.0 Å². The number of aromatic carboxylic acids is 1. The summed E-state index contributed by atoms with van der Waals surface area (Å²) < 4.78 is 16.1. The Balaban J connectivity index is 2.16. The molecule has 1 rings (SSSR count). The molecule has 1 aromatic rings. The van der Waals surface area contributed by atoms with Crippen LogP contribution in [0, 0.1) is 0 Å². The second-order valence-electron chi connectivity index (χ2n) is 4.01. The maximum absolute atomic E-state index is 11.0. The first-order valence-corrected chi connectivity index (χ1v) is 8.23. The van der Waals surface area contributed by atoms with Gasteiger partial charge in [0.05, 0.1) is 38.6 Å². The summed E-state index contributed by atoms with van der Waals surface area (Å²) in [6.45, 7) is 2.86. The Morgan fingerprint density at radius 3 is 2.52 bits per heavy atom. The fourth-order valence-corrected chi connectivity index (χ4v) is 2.66. The zero-order valence-electron chi connectivity index (χ0n) is 11.8. The molecule has 1 N–H and O–H groups in total. The highest BCUT2D eigenvalue weighted by molar-refractivity contribution is 9.10. The van der Waals surface area contributed by atoms with E-state index in [0.29, 0.717) is 37.5 Å². The quantitative estimate of drug-likeness (QED) is 0.471. The van der Waals surface area contributed by atoms with Crippen molar-refractivity contribution in [1.82, 2.24) is 0 Å². The number of methoxy groups -OCH3 is 1. The van der Waals surface area contributed by atoms with Crippen molar-refractivity contribution in [3.63, 3.8) is 0 Å². The van der Waals surface area contributed by atoms with Crippen LogP contribution in [-0.4, -0.2) is 57.0 Å². The van der Waals surface area contributed by atoms with Crippen molar-refractivity contribution in [2.24, 2.45) is 0 Å². The average molecular weight is 379 g/mol. The fraction of sp³-hybridized carbons (Fsp3) is 0.500. The van der Waals surface area contributed by atoms with Crippen LogP contribution in [0.2, 0.25) is 0 Å². The van der Waals surface area contributed by atoms with E-state index in [0.717, 1.165) is 10.6 Å². The van der Waals surface area contributed by atoms with Gasteiger partial charge in [0.15, 0.2) is 0 Å². The molecule has 0 unspecified atom stereocenters. The third-order valence-corrected chi connectivity index (χ3v) is 4.12. The van der Waals surface area contributed by atoms with Crippen molar-refractivity contribution in [3.05, 3.63) is 28.2 Å². The third kappa shape index (κ3) is 7.82. The summed E-state index contributed by atoms with van der Waals surface area (Å²) in [5.41, 5.74) is 0.271. The van der Waals surface area contributed by atoms with Gasteiger partial charge < -0.3 is 19.3 Å². The topological polar surface area (TPSA) is 65.0 Å². The molecule has 5 nitrogen and oxygen atoms in total. The van der Waals surface area contributed by atoms with Crippen LogP contribution in [0.5, 0.6) is 0 Å². The lowest BCUT2D eigenvalue weighted by Crippen LogP contribution is -2.09. The van der Waals surface area contributed by atoms with Crippen LogP contribution >= 0.6 is 27.7 Å². The molecule has 0 fully saturated rings. The molecule has 0 atom stereocenters. The Kier molecular flexibility index (Phi) is 9.69. The van der Waals surface area contributed by atoms with Crippen LogP contribution in [0.15, 0.2) is 27.6 Å². The van der Waals surface area contributed by atoms with Crippen molar-refractivity contribution in [3.8, 4) is 0 Å². The standard InChI is InChI=1S/C14H19BrO5S/c1-18-4-5-19-6-7-20-8-9-21-11-2-3-13(15)12(10-11)14(16)17/h2-3,10H,4-9H2,1H3,(H,16,17). The minimum atomic E-state index is -0.936. The summed E-state index contributed by atoms with van der Waals surface area (Å²) >= 11 is 4.78. The number of carboxylic acid groups (broad SMARTS) is 1. The highest BCUT2D eigenvalue weighted by Crippen LogP contribution is 2.24. The van der Waals surface area contributed by atoms with Crippen LogP contribution in [0.4, 0.5) is 0 Å². The van der Waals surface area contributed by atoms with Gasteiger partial charge in [-0.15, -0.1) is 11.8 Å². The van der Waals surface area contributed by atoms with E-state index in [1.807, 2.05) is 6.07 Å². The molecule has 0 heterocycles. The maximum Gasteiger partial charge on any atom is 0.336 e. The minimum Gasteiger partial charge on any atom is -0.478 e. The lowest BCUT2D eigenvalue weighted by Gasteiger charge is -2.06. The van der Waals surface area contributed by atoms with E-state index in [-0.39, 0.29) is 5.56 Å². The molecule has 0 aliphatic heterocycles. The maximum atomic E-state index is 11.0. The Morgan fingerprint density at radius 2 is 1.86 bits per heavy atom. The zero-order valence-corrected chi connectivity index (χ0v) is 14.2. The zero-order chi connectivity index (χ0) is 15.5. The number of halogens is 1. The second kappa shape index (κ2) is 11.0. The number of thioether (sulfide) groups is 1. The summed E-state index contributed by atoms with van der Waals surface area (Å²) in [4.78, 5) is 11.9. The number of rotatable bonds is 11. The van der Waals surface area contributed by atoms with Crippen LogP contribution < -0.4 is 0 Å². The van der Waals surface area contributed by atoms with Gasteiger partial charge in [-0.25, -0.2) is 4.79 Å². The van der Waals surface area contributed by atoms with Gasteiger partial charge in [0.2, 0.25) is 0 Å². The van der Waals surface area contributed by atoms with E-state index < -0.39 is 5.97 Å². The number of ether oxygens (including phenoxy) is 3. The molecule has 0 aromatic heterocycles. The average Bonchev–Trinajstić information content (AvgIpc) is 2.47. The van der Waals surface area contributed by atoms with Crippen molar-refractivity contribution >= 4 is 33.7 Å². The first-order chi connectivity index (χ1) is 10.1. The monoisotopic (exact) mass is 378 g/mol. The fourth-order valence-electron chi connectivity index (χ4n) is 1.44. The molecular formula is C14H19BrO5S. The van der Waals surface area contributed by atoms with Gasteiger partial charge in [0, 0.05) is 22.2 Å². The Bertz CT molecular complexity index is 441. The van der Waals surface area contributed by atoms with Crippen LogP contribution in [0.3, 0.4) is 0 Å². The molecule has 118 valence electrons. The number of hydrogen-bond acceptors (Lipinski definition) is 5. The van der Waals surface area contributed by atoms with Gasteiger partial charge in [0.25, 0.3) is 0 Å². The van der Waals surface area contributed by atoms with Crippen molar-refractivity contribution in [2.45, 2.75) is 4.90 Å². The molecular weight excluding hydrogens is 360 g/mol. The second-order valence-corrected chi connectivity index (χ2v) is 6.04. The number of carboxylic acids is 1. The minimum absolute atomic E-state index is 0.271. The van der Waals surface area contributed by atoms with Gasteiger partial charge in [-0.05, 0) is 34.1 Å². The molecule has 0 radical (unpaired) electrons. The number of benzene rings is 1. The number of hydrogen-bond donors (Lipinski definition) is 1. The molecule has 0 spiro atoms. The lowest BCUT2D eigenvalue weighted by molar-refractivity contribution is 0.0286. The van der Waals surface area contributed by atoms with Gasteiger partial charge in [-0.2, -0.15) is 0 Å². The van der Waals surface area contributed by atoms with E-state index in [2.05, 4.69) is 15.9 Å². The largest absolute Gasteiger partial charge is 0.478 e. The first kappa shape index (κ1) is 18.4. The Hall–Kier alpha value is -0.600. The van der Waals surface area contributed by atoms with E-state index in [9.17, 15) is 4.79 Å². The molecule has 7 heteroatoms. The first-order valence-electron chi connectivity index (χ1n) is 6.45. The van der Waals surface area contributed by atoms with Gasteiger partial charge in [0.1, 0.15) is 0 Å². The Labute approximate surface area is 137 Å². The predicted molar refractivity (Wildman–Crippen MR) is 85.3 cm³/mol. The summed E-state index contributed by atoms with van der Waals surface area (Å²) in [5.74, 6) is -0.174. The molecule has 0 saturated heterocycles. The van der Waals surface area contributed by atoms with Gasteiger partial charge in [-0.3, -0.25) is 0 Å². The third-order valence-electron chi connectivity index (χ3n) is 2.47.